The van der Waals surface area contributed by atoms with E-state index in [2.05, 4.69) is 53.7 Å². The number of carbonyl (C=O) groups is 1. The van der Waals surface area contributed by atoms with Gasteiger partial charge in [-0.2, -0.15) is 0 Å². The Kier molecular flexibility index (Phi) is 2.74. The second kappa shape index (κ2) is 3.96. The number of benzene rings is 1. The topological polar surface area (TPSA) is 17.1 Å². The zero-order chi connectivity index (χ0) is 14.9. The molecule has 1 heteroatoms. The molecule has 0 amide bonds. The van der Waals surface area contributed by atoms with E-state index in [9.17, 15) is 4.79 Å². The summed E-state index contributed by atoms with van der Waals surface area (Å²) in [5.41, 5.74) is 5.27. The van der Waals surface area contributed by atoms with E-state index in [1.165, 1.54) is 23.1 Å². The number of ketones is 1. The highest BCUT2D eigenvalue weighted by Gasteiger charge is 2.49. The number of Topliss-reactive ketones (excluding diaryl/α,β-unsaturated/α-hetero) is 1. The smallest absolute Gasteiger partial charge is 0.167 e. The Labute approximate surface area is 122 Å². The maximum atomic E-state index is 12.8. The van der Waals surface area contributed by atoms with E-state index in [0.717, 1.165) is 12.0 Å². The van der Waals surface area contributed by atoms with Crippen molar-refractivity contribution in [1.29, 1.82) is 0 Å². The van der Waals surface area contributed by atoms with Crippen molar-refractivity contribution >= 4 is 5.78 Å². The number of hydrogen-bond donors (Lipinski definition) is 0. The normalized spacial score (nSPS) is 25.2. The molecule has 1 nitrogen and oxygen atoms in total. The predicted molar refractivity (Wildman–Crippen MR) is 83.6 cm³/mol. The van der Waals surface area contributed by atoms with Crippen LogP contribution in [0.25, 0.3) is 0 Å². The van der Waals surface area contributed by atoms with Crippen LogP contribution in [0.15, 0.2) is 12.1 Å². The molecule has 0 heterocycles. The molecule has 2 aliphatic rings. The quantitative estimate of drug-likeness (QED) is 0.650. The molecule has 20 heavy (non-hydrogen) atoms. The van der Waals surface area contributed by atoms with Gasteiger partial charge in [0.15, 0.2) is 5.78 Å². The molecule has 1 fully saturated rings. The lowest BCUT2D eigenvalue weighted by atomic mass is 9.70. The summed E-state index contributed by atoms with van der Waals surface area (Å²) in [6, 6.07) is 4.50. The second-order valence-electron chi connectivity index (χ2n) is 8.60. The summed E-state index contributed by atoms with van der Waals surface area (Å²) in [5.74, 6) is 1.22. The Morgan fingerprint density at radius 3 is 1.80 bits per heavy atom. The largest absolute Gasteiger partial charge is 0.294 e. The summed E-state index contributed by atoms with van der Waals surface area (Å²) in [6.45, 7) is 13.4. The lowest BCUT2D eigenvalue weighted by Gasteiger charge is -2.33. The molecule has 0 spiro atoms. The van der Waals surface area contributed by atoms with Crippen LogP contribution in [-0.2, 0) is 10.8 Å². The van der Waals surface area contributed by atoms with E-state index in [4.69, 9.17) is 0 Å². The fraction of sp³-hybridized carbons (Fsp3) is 0.632. The van der Waals surface area contributed by atoms with Crippen molar-refractivity contribution in [2.75, 3.05) is 0 Å². The van der Waals surface area contributed by atoms with Gasteiger partial charge in [-0.05, 0) is 46.3 Å². The monoisotopic (exact) mass is 270 g/mol. The highest BCUT2D eigenvalue weighted by Crippen LogP contribution is 2.55. The van der Waals surface area contributed by atoms with Crippen molar-refractivity contribution < 1.29 is 4.79 Å². The van der Waals surface area contributed by atoms with Crippen LogP contribution < -0.4 is 0 Å². The molecule has 2 unspecified atom stereocenters. The number of hydrogen-bond acceptors (Lipinski definition) is 1. The predicted octanol–water partition coefficient (Wildman–Crippen LogP) is 4.97. The number of carbonyl (C=O) groups excluding carboxylic acids is 1. The van der Waals surface area contributed by atoms with Crippen molar-refractivity contribution in [2.24, 2.45) is 5.92 Å². The highest BCUT2D eigenvalue weighted by atomic mass is 16.1. The van der Waals surface area contributed by atoms with Crippen LogP contribution in [0.4, 0.5) is 0 Å². The van der Waals surface area contributed by atoms with Crippen LogP contribution in [0.1, 0.15) is 87.4 Å². The van der Waals surface area contributed by atoms with Gasteiger partial charge in [-0.15, -0.1) is 0 Å². The van der Waals surface area contributed by atoms with E-state index in [1.807, 2.05) is 0 Å². The standard InChI is InChI=1S/C19H26O/c1-18(2,3)13-9-10-14(19(4,5)6)16-15(13)11-7-8-12(11)17(16)20/h9-12H,7-8H2,1-6H3. The maximum Gasteiger partial charge on any atom is 0.167 e. The molecule has 2 aliphatic carbocycles. The van der Waals surface area contributed by atoms with E-state index in [0.29, 0.717) is 11.7 Å². The van der Waals surface area contributed by atoms with Crippen molar-refractivity contribution in [2.45, 2.75) is 71.1 Å². The molecule has 0 radical (unpaired) electrons. The van der Waals surface area contributed by atoms with Crippen LogP contribution in [0.2, 0.25) is 0 Å². The third-order valence-corrected chi connectivity index (χ3v) is 5.09. The van der Waals surface area contributed by atoms with Crippen LogP contribution >= 0.6 is 0 Å². The summed E-state index contributed by atoms with van der Waals surface area (Å²) in [7, 11) is 0. The summed E-state index contributed by atoms with van der Waals surface area (Å²) >= 11 is 0. The average molecular weight is 270 g/mol. The minimum absolute atomic E-state index is 0.0416. The minimum atomic E-state index is 0.0416. The molecule has 108 valence electrons. The molecule has 1 saturated carbocycles. The van der Waals surface area contributed by atoms with Crippen molar-refractivity contribution in [1.82, 2.24) is 0 Å². The molecule has 0 bridgehead atoms. The van der Waals surface area contributed by atoms with Gasteiger partial charge in [0.05, 0.1) is 0 Å². The summed E-state index contributed by atoms with van der Waals surface area (Å²) in [4.78, 5) is 12.8. The van der Waals surface area contributed by atoms with Gasteiger partial charge in [0, 0.05) is 11.5 Å². The van der Waals surface area contributed by atoms with Gasteiger partial charge >= 0.3 is 0 Å². The van der Waals surface area contributed by atoms with Gasteiger partial charge in [-0.1, -0.05) is 53.7 Å². The summed E-state index contributed by atoms with van der Waals surface area (Å²) in [6.07, 6.45) is 2.28. The zero-order valence-corrected chi connectivity index (χ0v) is 13.6. The van der Waals surface area contributed by atoms with Crippen molar-refractivity contribution in [3.63, 3.8) is 0 Å². The Morgan fingerprint density at radius 1 is 0.850 bits per heavy atom. The summed E-state index contributed by atoms with van der Waals surface area (Å²) in [5, 5.41) is 0. The van der Waals surface area contributed by atoms with E-state index in [1.54, 1.807) is 0 Å². The Balaban J connectivity index is 2.30. The Morgan fingerprint density at radius 2 is 1.35 bits per heavy atom. The molecule has 1 aromatic rings. The molecule has 0 N–H and O–H groups in total. The first kappa shape index (κ1) is 13.9. The van der Waals surface area contributed by atoms with Gasteiger partial charge in [0.1, 0.15) is 0 Å². The molecule has 0 aliphatic heterocycles. The van der Waals surface area contributed by atoms with Crippen molar-refractivity contribution in [3.8, 4) is 0 Å². The molecular formula is C19H26O. The van der Waals surface area contributed by atoms with Crippen LogP contribution in [0, 0.1) is 5.92 Å². The maximum absolute atomic E-state index is 12.8. The average Bonchev–Trinajstić information content (AvgIpc) is 2.41. The van der Waals surface area contributed by atoms with Crippen LogP contribution in [0.5, 0.6) is 0 Å². The first-order valence-corrected chi connectivity index (χ1v) is 7.84. The SMILES string of the molecule is CC(C)(C)c1ccc(C(C)(C)C)c2c1C(=O)C1CCC21. The van der Waals surface area contributed by atoms with Gasteiger partial charge < -0.3 is 0 Å². The lowest BCUT2D eigenvalue weighted by Crippen LogP contribution is -2.25. The second-order valence-corrected chi connectivity index (χ2v) is 8.60. The third kappa shape index (κ3) is 1.78. The first-order chi connectivity index (χ1) is 9.12. The van der Waals surface area contributed by atoms with E-state index in [-0.39, 0.29) is 16.7 Å². The third-order valence-electron chi connectivity index (χ3n) is 5.09. The fourth-order valence-electron chi connectivity index (χ4n) is 3.89. The Bertz CT molecular complexity index is 581. The van der Waals surface area contributed by atoms with Gasteiger partial charge in [0.2, 0.25) is 0 Å². The molecule has 2 atom stereocenters. The zero-order valence-electron chi connectivity index (χ0n) is 13.6. The van der Waals surface area contributed by atoms with Crippen LogP contribution in [-0.4, -0.2) is 5.78 Å². The molecule has 1 aromatic carbocycles. The van der Waals surface area contributed by atoms with Crippen LogP contribution in [0.3, 0.4) is 0 Å². The number of fused-ring (bicyclic) bond motifs is 3. The van der Waals surface area contributed by atoms with E-state index < -0.39 is 0 Å². The Hall–Kier alpha value is -1.11. The summed E-state index contributed by atoms with van der Waals surface area (Å²) < 4.78 is 0. The van der Waals surface area contributed by atoms with E-state index >= 15 is 0 Å². The fourth-order valence-corrected chi connectivity index (χ4v) is 3.89. The lowest BCUT2D eigenvalue weighted by molar-refractivity contribution is 0.0857. The molecule has 3 rings (SSSR count). The first-order valence-electron chi connectivity index (χ1n) is 7.84. The number of rotatable bonds is 0. The van der Waals surface area contributed by atoms with Gasteiger partial charge in [-0.25, -0.2) is 0 Å². The molecule has 0 saturated heterocycles. The molecular weight excluding hydrogens is 244 g/mol. The molecule has 0 aromatic heterocycles. The minimum Gasteiger partial charge on any atom is -0.294 e. The highest BCUT2D eigenvalue weighted by molar-refractivity contribution is 6.06. The van der Waals surface area contributed by atoms with Crippen molar-refractivity contribution in [3.05, 3.63) is 34.4 Å². The van der Waals surface area contributed by atoms with Gasteiger partial charge in [-0.3, -0.25) is 4.79 Å². The van der Waals surface area contributed by atoms with Gasteiger partial charge in [0.25, 0.3) is 0 Å².